The van der Waals surface area contributed by atoms with E-state index in [-0.39, 0.29) is 11.9 Å². The average molecular weight is 281 g/mol. The van der Waals surface area contributed by atoms with Crippen LogP contribution >= 0.6 is 0 Å². The summed E-state index contributed by atoms with van der Waals surface area (Å²) in [5.41, 5.74) is 0. The molecule has 0 aromatic heterocycles. The molecule has 2 heterocycles. The van der Waals surface area contributed by atoms with Crippen LogP contribution in [0.1, 0.15) is 52.4 Å². The fourth-order valence-electron chi connectivity index (χ4n) is 3.59. The lowest BCUT2D eigenvalue weighted by molar-refractivity contribution is -0.126. The molecule has 116 valence electrons. The molecule has 1 unspecified atom stereocenters. The van der Waals surface area contributed by atoms with Crippen LogP contribution in [0.2, 0.25) is 0 Å². The van der Waals surface area contributed by atoms with E-state index in [1.54, 1.807) is 0 Å². The van der Waals surface area contributed by atoms with E-state index in [1.165, 1.54) is 19.3 Å². The fraction of sp³-hybridized carbons (Fsp3) is 0.938. The molecule has 0 saturated carbocycles. The second-order valence-electron chi connectivity index (χ2n) is 6.30. The Morgan fingerprint density at radius 2 is 1.95 bits per heavy atom. The van der Waals surface area contributed by atoms with Crippen molar-refractivity contribution < 1.29 is 4.79 Å². The predicted octanol–water partition coefficient (Wildman–Crippen LogP) is 1.76. The number of amides is 1. The molecule has 0 aromatic carbocycles. The largest absolute Gasteiger partial charge is 0.354 e. The van der Waals surface area contributed by atoms with Gasteiger partial charge in [-0.25, -0.2) is 0 Å². The van der Waals surface area contributed by atoms with E-state index in [0.717, 1.165) is 45.4 Å². The van der Waals surface area contributed by atoms with Crippen LogP contribution in [0.15, 0.2) is 0 Å². The van der Waals surface area contributed by atoms with Gasteiger partial charge in [0.05, 0.1) is 6.04 Å². The SMILES string of the molecule is CCC(CC)CNC(=O)C1CCCN1C1CCNCC1. The number of nitrogens with zero attached hydrogens (tertiary/aromatic N) is 1. The molecule has 0 aromatic rings. The molecular weight excluding hydrogens is 250 g/mol. The van der Waals surface area contributed by atoms with Crippen LogP contribution in [-0.4, -0.2) is 49.1 Å². The summed E-state index contributed by atoms with van der Waals surface area (Å²) in [4.78, 5) is 14.9. The minimum atomic E-state index is 0.132. The molecule has 0 aliphatic carbocycles. The molecule has 1 amide bonds. The van der Waals surface area contributed by atoms with E-state index in [1.807, 2.05) is 0 Å². The Labute approximate surface area is 123 Å². The van der Waals surface area contributed by atoms with Gasteiger partial charge in [0.2, 0.25) is 5.91 Å². The summed E-state index contributed by atoms with van der Waals surface area (Å²) in [5.74, 6) is 0.903. The number of rotatable bonds is 6. The van der Waals surface area contributed by atoms with E-state index < -0.39 is 0 Å². The van der Waals surface area contributed by atoms with Crippen molar-refractivity contribution in [1.29, 1.82) is 0 Å². The zero-order chi connectivity index (χ0) is 14.4. The Bertz CT molecular complexity index is 298. The Hall–Kier alpha value is -0.610. The van der Waals surface area contributed by atoms with E-state index in [0.29, 0.717) is 12.0 Å². The van der Waals surface area contributed by atoms with Crippen molar-refractivity contribution in [3.8, 4) is 0 Å². The molecule has 2 saturated heterocycles. The van der Waals surface area contributed by atoms with Gasteiger partial charge in [-0.2, -0.15) is 0 Å². The van der Waals surface area contributed by atoms with Crippen LogP contribution in [0.3, 0.4) is 0 Å². The molecule has 2 N–H and O–H groups in total. The third-order valence-corrected chi connectivity index (χ3v) is 5.09. The van der Waals surface area contributed by atoms with Gasteiger partial charge < -0.3 is 10.6 Å². The minimum Gasteiger partial charge on any atom is -0.354 e. The van der Waals surface area contributed by atoms with Crippen molar-refractivity contribution in [2.45, 2.75) is 64.5 Å². The maximum atomic E-state index is 12.5. The van der Waals surface area contributed by atoms with E-state index in [9.17, 15) is 4.79 Å². The van der Waals surface area contributed by atoms with Gasteiger partial charge in [-0.05, 0) is 51.2 Å². The first-order valence-electron chi connectivity index (χ1n) is 8.50. The molecule has 20 heavy (non-hydrogen) atoms. The lowest BCUT2D eigenvalue weighted by Crippen LogP contribution is -2.51. The molecule has 0 bridgehead atoms. The number of hydrogen-bond donors (Lipinski definition) is 2. The number of nitrogens with one attached hydrogen (secondary N) is 2. The van der Waals surface area contributed by atoms with Crippen molar-refractivity contribution in [2.75, 3.05) is 26.2 Å². The van der Waals surface area contributed by atoms with E-state index >= 15 is 0 Å². The van der Waals surface area contributed by atoms with Crippen molar-refractivity contribution >= 4 is 5.91 Å². The highest BCUT2D eigenvalue weighted by Gasteiger charge is 2.35. The number of piperidine rings is 1. The van der Waals surface area contributed by atoms with Crippen molar-refractivity contribution in [3.05, 3.63) is 0 Å². The van der Waals surface area contributed by atoms with Crippen LogP contribution in [-0.2, 0) is 4.79 Å². The smallest absolute Gasteiger partial charge is 0.237 e. The summed E-state index contributed by atoms with van der Waals surface area (Å²) >= 11 is 0. The van der Waals surface area contributed by atoms with Gasteiger partial charge in [-0.3, -0.25) is 9.69 Å². The quantitative estimate of drug-likeness (QED) is 0.780. The molecule has 0 radical (unpaired) electrons. The van der Waals surface area contributed by atoms with Crippen LogP contribution < -0.4 is 10.6 Å². The van der Waals surface area contributed by atoms with Gasteiger partial charge in [0.25, 0.3) is 0 Å². The monoisotopic (exact) mass is 281 g/mol. The van der Waals surface area contributed by atoms with Crippen LogP contribution in [0.4, 0.5) is 0 Å². The first-order valence-corrected chi connectivity index (χ1v) is 8.50. The molecule has 2 fully saturated rings. The van der Waals surface area contributed by atoms with Gasteiger partial charge in [0, 0.05) is 12.6 Å². The molecule has 4 nitrogen and oxygen atoms in total. The van der Waals surface area contributed by atoms with Crippen LogP contribution in [0.25, 0.3) is 0 Å². The fourth-order valence-corrected chi connectivity index (χ4v) is 3.59. The Balaban J connectivity index is 1.84. The van der Waals surface area contributed by atoms with Crippen molar-refractivity contribution in [3.63, 3.8) is 0 Å². The Kier molecular flexibility index (Phi) is 6.30. The predicted molar refractivity (Wildman–Crippen MR) is 82.7 cm³/mol. The van der Waals surface area contributed by atoms with Crippen LogP contribution in [0, 0.1) is 5.92 Å². The molecule has 2 aliphatic rings. The maximum absolute atomic E-state index is 12.5. The summed E-state index contributed by atoms with van der Waals surface area (Å²) in [6, 6.07) is 0.745. The summed E-state index contributed by atoms with van der Waals surface area (Å²) in [7, 11) is 0. The zero-order valence-corrected chi connectivity index (χ0v) is 13.2. The molecule has 2 aliphatic heterocycles. The highest BCUT2D eigenvalue weighted by molar-refractivity contribution is 5.82. The molecule has 1 atom stereocenters. The van der Waals surface area contributed by atoms with Crippen molar-refractivity contribution in [1.82, 2.24) is 15.5 Å². The number of hydrogen-bond acceptors (Lipinski definition) is 3. The molecule has 2 rings (SSSR count). The van der Waals surface area contributed by atoms with Crippen molar-refractivity contribution in [2.24, 2.45) is 5.92 Å². The molecule has 0 spiro atoms. The standard InChI is InChI=1S/C16H31N3O/c1-3-13(4-2)12-18-16(20)15-6-5-11-19(15)14-7-9-17-10-8-14/h13-15,17H,3-12H2,1-2H3,(H,18,20). The summed E-state index contributed by atoms with van der Waals surface area (Å²) in [5, 5.41) is 6.61. The topological polar surface area (TPSA) is 44.4 Å². The van der Waals surface area contributed by atoms with Gasteiger partial charge in [-0.1, -0.05) is 26.7 Å². The van der Waals surface area contributed by atoms with Gasteiger partial charge in [0.15, 0.2) is 0 Å². The zero-order valence-electron chi connectivity index (χ0n) is 13.2. The first-order chi connectivity index (χ1) is 9.76. The Morgan fingerprint density at radius 3 is 2.60 bits per heavy atom. The number of carbonyl (C=O) groups is 1. The van der Waals surface area contributed by atoms with E-state index in [2.05, 4.69) is 29.4 Å². The first kappa shape index (κ1) is 15.8. The molecule has 4 heteroatoms. The minimum absolute atomic E-state index is 0.132. The maximum Gasteiger partial charge on any atom is 0.237 e. The summed E-state index contributed by atoms with van der Waals surface area (Å²) in [6.45, 7) is 8.57. The third kappa shape index (κ3) is 3.95. The third-order valence-electron chi connectivity index (χ3n) is 5.09. The lowest BCUT2D eigenvalue weighted by atomic mass is 10.0. The second-order valence-corrected chi connectivity index (χ2v) is 6.30. The second kappa shape index (κ2) is 7.99. The average Bonchev–Trinajstić information content (AvgIpc) is 2.98. The highest BCUT2D eigenvalue weighted by atomic mass is 16.2. The normalized spacial score (nSPS) is 25.2. The summed E-state index contributed by atoms with van der Waals surface area (Å²) < 4.78 is 0. The number of likely N-dealkylation sites (tertiary alicyclic amines) is 1. The highest BCUT2D eigenvalue weighted by Crippen LogP contribution is 2.24. The lowest BCUT2D eigenvalue weighted by Gasteiger charge is -2.35. The van der Waals surface area contributed by atoms with Gasteiger partial charge >= 0.3 is 0 Å². The number of carbonyl (C=O) groups excluding carboxylic acids is 1. The van der Waals surface area contributed by atoms with E-state index in [4.69, 9.17) is 0 Å². The van der Waals surface area contributed by atoms with Crippen LogP contribution in [0.5, 0.6) is 0 Å². The molecular formula is C16H31N3O. The summed E-state index contributed by atoms with van der Waals surface area (Å²) in [6.07, 6.45) is 6.90. The van der Waals surface area contributed by atoms with Gasteiger partial charge in [-0.15, -0.1) is 0 Å². The Morgan fingerprint density at radius 1 is 1.25 bits per heavy atom. The van der Waals surface area contributed by atoms with Gasteiger partial charge in [0.1, 0.15) is 0 Å².